The number of rotatable bonds is 5. The van der Waals surface area contributed by atoms with Crippen molar-refractivity contribution in [2.24, 2.45) is 4.99 Å². The maximum atomic E-state index is 6.10. The lowest BCUT2D eigenvalue weighted by atomic mass is 10.1. The third kappa shape index (κ3) is 4.08. The lowest BCUT2D eigenvalue weighted by Gasteiger charge is -2.16. The molecule has 2 aromatic rings. The van der Waals surface area contributed by atoms with E-state index >= 15 is 0 Å². The number of hydrogen-bond acceptors (Lipinski definition) is 1. The molecule has 1 heterocycles. The molecule has 0 bridgehead atoms. The molecule has 3 rings (SSSR count). The van der Waals surface area contributed by atoms with Crippen molar-refractivity contribution in [3.63, 3.8) is 0 Å². The Morgan fingerprint density at radius 1 is 1.35 bits per heavy atom. The first kappa shape index (κ1) is 15.9. The third-order valence-electron chi connectivity index (χ3n) is 4.07. The summed E-state index contributed by atoms with van der Waals surface area (Å²) in [4.78, 5) is 7.99. The van der Waals surface area contributed by atoms with Gasteiger partial charge in [0, 0.05) is 41.3 Å². The van der Waals surface area contributed by atoms with Crippen molar-refractivity contribution < 1.29 is 0 Å². The first-order valence-corrected chi connectivity index (χ1v) is 8.59. The van der Waals surface area contributed by atoms with E-state index in [-0.39, 0.29) is 0 Å². The largest absolute Gasteiger partial charge is 0.361 e. The molecule has 122 valence electrons. The highest BCUT2D eigenvalue weighted by Crippen LogP contribution is 2.22. The van der Waals surface area contributed by atoms with Gasteiger partial charge in [0.25, 0.3) is 0 Å². The first-order valence-electron chi connectivity index (χ1n) is 8.21. The van der Waals surface area contributed by atoms with Gasteiger partial charge in [0.1, 0.15) is 0 Å². The van der Waals surface area contributed by atoms with Crippen LogP contribution in [-0.4, -0.2) is 30.1 Å². The van der Waals surface area contributed by atoms with Crippen molar-refractivity contribution in [1.29, 1.82) is 0 Å². The van der Waals surface area contributed by atoms with Crippen LogP contribution in [-0.2, 0) is 6.42 Å². The highest BCUT2D eigenvalue weighted by molar-refractivity contribution is 6.31. The minimum absolute atomic E-state index is 0.472. The maximum absolute atomic E-state index is 6.10. The number of nitrogens with zero attached hydrogens (tertiary/aromatic N) is 1. The summed E-state index contributed by atoms with van der Waals surface area (Å²) in [6.07, 6.45) is 9.53. The molecule has 1 aliphatic carbocycles. The van der Waals surface area contributed by atoms with E-state index in [0.717, 1.165) is 48.9 Å². The molecule has 0 saturated heterocycles. The summed E-state index contributed by atoms with van der Waals surface area (Å²) in [5, 5.41) is 8.76. The zero-order chi connectivity index (χ0) is 16.1. The number of benzene rings is 1. The molecule has 1 aliphatic rings. The summed E-state index contributed by atoms with van der Waals surface area (Å²) >= 11 is 6.10. The van der Waals surface area contributed by atoms with Crippen LogP contribution in [0.15, 0.2) is 41.5 Å². The smallest absolute Gasteiger partial charge is 0.191 e. The average molecular weight is 331 g/mol. The fraction of sp³-hybridized carbons (Fsp3) is 0.389. The minimum atomic E-state index is 0.472. The quantitative estimate of drug-likeness (QED) is 0.445. The molecule has 23 heavy (non-hydrogen) atoms. The molecule has 0 fully saturated rings. The SMILES string of the molecule is CCNC(=NCCc1c[nH]c2ccc(Cl)cc12)NC1CC=CC1. The highest BCUT2D eigenvalue weighted by atomic mass is 35.5. The van der Waals surface area contributed by atoms with Crippen molar-refractivity contribution in [3.8, 4) is 0 Å². The topological polar surface area (TPSA) is 52.2 Å². The van der Waals surface area contributed by atoms with Crippen molar-refractivity contribution >= 4 is 28.5 Å². The molecule has 4 nitrogen and oxygen atoms in total. The van der Waals surface area contributed by atoms with E-state index < -0.39 is 0 Å². The number of H-pyrrole nitrogens is 1. The van der Waals surface area contributed by atoms with Gasteiger partial charge in [-0.1, -0.05) is 23.8 Å². The number of nitrogens with one attached hydrogen (secondary N) is 3. The number of aliphatic imine (C=N–C) groups is 1. The molecular weight excluding hydrogens is 308 g/mol. The Morgan fingerprint density at radius 2 is 2.17 bits per heavy atom. The summed E-state index contributed by atoms with van der Waals surface area (Å²) < 4.78 is 0. The van der Waals surface area contributed by atoms with Gasteiger partial charge in [0.15, 0.2) is 5.96 Å². The number of hydrogen-bond donors (Lipinski definition) is 3. The molecule has 0 unspecified atom stereocenters. The van der Waals surface area contributed by atoms with E-state index in [4.69, 9.17) is 16.6 Å². The lowest BCUT2D eigenvalue weighted by molar-refractivity contribution is 0.633. The van der Waals surface area contributed by atoms with Gasteiger partial charge in [-0.2, -0.15) is 0 Å². The van der Waals surface area contributed by atoms with Crippen LogP contribution in [0.2, 0.25) is 5.02 Å². The monoisotopic (exact) mass is 330 g/mol. The predicted octanol–water partition coefficient (Wildman–Crippen LogP) is 3.64. The van der Waals surface area contributed by atoms with E-state index in [0.29, 0.717) is 6.04 Å². The fourth-order valence-electron chi connectivity index (χ4n) is 2.89. The fourth-order valence-corrected chi connectivity index (χ4v) is 3.07. The molecular formula is C18H23ClN4. The Kier molecular flexibility index (Phi) is 5.23. The number of aromatic amines is 1. The molecule has 3 N–H and O–H groups in total. The lowest BCUT2D eigenvalue weighted by Crippen LogP contribution is -2.42. The second-order valence-electron chi connectivity index (χ2n) is 5.80. The van der Waals surface area contributed by atoms with Gasteiger partial charge in [0.2, 0.25) is 0 Å². The Balaban J connectivity index is 1.63. The van der Waals surface area contributed by atoms with Gasteiger partial charge in [-0.3, -0.25) is 4.99 Å². The van der Waals surface area contributed by atoms with Crippen LogP contribution in [0.3, 0.4) is 0 Å². The number of aromatic nitrogens is 1. The van der Waals surface area contributed by atoms with Gasteiger partial charge in [-0.05, 0) is 49.9 Å². The van der Waals surface area contributed by atoms with Gasteiger partial charge in [-0.15, -0.1) is 0 Å². The number of fused-ring (bicyclic) bond motifs is 1. The van der Waals surface area contributed by atoms with Crippen LogP contribution in [0.4, 0.5) is 0 Å². The molecule has 0 spiro atoms. The van der Waals surface area contributed by atoms with E-state index in [1.54, 1.807) is 0 Å². The maximum Gasteiger partial charge on any atom is 0.191 e. The van der Waals surface area contributed by atoms with Gasteiger partial charge >= 0.3 is 0 Å². The Morgan fingerprint density at radius 3 is 2.96 bits per heavy atom. The zero-order valence-corrected chi connectivity index (χ0v) is 14.2. The van der Waals surface area contributed by atoms with Crippen LogP contribution in [0.1, 0.15) is 25.3 Å². The zero-order valence-electron chi connectivity index (χ0n) is 13.4. The van der Waals surface area contributed by atoms with E-state index in [1.165, 1.54) is 10.9 Å². The molecule has 0 saturated carbocycles. The third-order valence-corrected chi connectivity index (χ3v) is 4.31. The Labute approximate surface area is 142 Å². The van der Waals surface area contributed by atoms with Gasteiger partial charge in [0.05, 0.1) is 0 Å². The standard InChI is InChI=1S/C18H23ClN4/c1-2-20-18(23-15-5-3-4-6-15)21-10-9-13-12-22-17-8-7-14(19)11-16(13)17/h3-4,7-8,11-12,15,22H,2,5-6,9-10H2,1H3,(H2,20,21,23). The van der Waals surface area contributed by atoms with E-state index in [2.05, 4.69) is 40.9 Å². The number of halogens is 1. The van der Waals surface area contributed by atoms with E-state index in [9.17, 15) is 0 Å². The predicted molar refractivity (Wildman–Crippen MR) is 98.3 cm³/mol. The van der Waals surface area contributed by atoms with Crippen LogP contribution in [0.25, 0.3) is 10.9 Å². The van der Waals surface area contributed by atoms with Crippen molar-refractivity contribution in [1.82, 2.24) is 15.6 Å². The van der Waals surface area contributed by atoms with Crippen LogP contribution >= 0.6 is 11.6 Å². The van der Waals surface area contributed by atoms with Crippen LogP contribution in [0, 0.1) is 0 Å². The summed E-state index contributed by atoms with van der Waals surface area (Å²) in [5.41, 5.74) is 2.38. The molecule has 0 atom stereocenters. The molecule has 5 heteroatoms. The summed E-state index contributed by atoms with van der Waals surface area (Å²) in [6.45, 7) is 3.70. The molecule has 0 aliphatic heterocycles. The summed E-state index contributed by atoms with van der Waals surface area (Å²) in [6, 6.07) is 6.41. The average Bonchev–Trinajstić information content (AvgIpc) is 3.17. The molecule has 1 aromatic heterocycles. The van der Waals surface area contributed by atoms with Crippen LogP contribution < -0.4 is 10.6 Å². The van der Waals surface area contributed by atoms with Crippen molar-refractivity contribution in [2.45, 2.75) is 32.2 Å². The second-order valence-corrected chi connectivity index (χ2v) is 6.23. The molecule has 1 aromatic carbocycles. The summed E-state index contributed by atoms with van der Waals surface area (Å²) in [7, 11) is 0. The minimum Gasteiger partial charge on any atom is -0.361 e. The second kappa shape index (κ2) is 7.55. The van der Waals surface area contributed by atoms with E-state index in [1.807, 2.05) is 18.2 Å². The Bertz CT molecular complexity index is 709. The number of guanidine groups is 1. The van der Waals surface area contributed by atoms with Gasteiger partial charge in [-0.25, -0.2) is 0 Å². The normalized spacial score (nSPS) is 15.5. The molecule has 0 amide bonds. The highest BCUT2D eigenvalue weighted by Gasteiger charge is 2.11. The van der Waals surface area contributed by atoms with Gasteiger partial charge < -0.3 is 15.6 Å². The van der Waals surface area contributed by atoms with Crippen molar-refractivity contribution in [2.75, 3.05) is 13.1 Å². The molecule has 0 radical (unpaired) electrons. The first-order chi connectivity index (χ1) is 11.3. The van der Waals surface area contributed by atoms with Crippen LogP contribution in [0.5, 0.6) is 0 Å². The Hall–Kier alpha value is -1.94. The van der Waals surface area contributed by atoms with Crippen molar-refractivity contribution in [3.05, 3.63) is 47.1 Å². The summed E-state index contributed by atoms with van der Waals surface area (Å²) in [5.74, 6) is 0.902.